The fourth-order valence-corrected chi connectivity index (χ4v) is 3.28. The maximum Gasteiger partial charge on any atom is 0.255 e. The van der Waals surface area contributed by atoms with Crippen LogP contribution in [0.5, 0.6) is 0 Å². The molecule has 0 heterocycles. The van der Waals surface area contributed by atoms with Gasteiger partial charge in [-0.25, -0.2) is 0 Å². The number of benzene rings is 4. The van der Waals surface area contributed by atoms with E-state index in [0.717, 1.165) is 0 Å². The van der Waals surface area contributed by atoms with Crippen LogP contribution in [0.1, 0.15) is 36.6 Å². The van der Waals surface area contributed by atoms with Crippen LogP contribution in [-0.2, 0) is 0 Å². The highest BCUT2D eigenvalue weighted by molar-refractivity contribution is 6.18. The maximum atomic E-state index is 13.2. The summed E-state index contributed by atoms with van der Waals surface area (Å²) < 4.78 is 0. The van der Waals surface area contributed by atoms with Crippen molar-refractivity contribution in [1.29, 1.82) is 0 Å². The predicted octanol–water partition coefficient (Wildman–Crippen LogP) is 5.42. The summed E-state index contributed by atoms with van der Waals surface area (Å²) in [4.78, 5) is 38.9. The first-order valence-corrected chi connectivity index (χ1v) is 10.1. The smallest absolute Gasteiger partial charge is 0.255 e. The van der Waals surface area contributed by atoms with E-state index in [1.807, 2.05) is 18.2 Å². The monoisotopic (exact) mass is 420 g/mol. The molecule has 2 N–H and O–H groups in total. The normalized spacial score (nSPS) is 10.2. The highest BCUT2D eigenvalue weighted by Crippen LogP contribution is 2.29. The van der Waals surface area contributed by atoms with Crippen LogP contribution < -0.4 is 10.6 Å². The summed E-state index contributed by atoms with van der Waals surface area (Å²) in [5.74, 6) is -0.982. The van der Waals surface area contributed by atoms with Crippen molar-refractivity contribution in [3.8, 4) is 0 Å². The second kappa shape index (κ2) is 9.53. The first-order valence-electron chi connectivity index (χ1n) is 10.1. The van der Waals surface area contributed by atoms with Crippen LogP contribution in [-0.4, -0.2) is 17.6 Å². The van der Waals surface area contributed by atoms with Gasteiger partial charge in [0.25, 0.3) is 11.8 Å². The van der Waals surface area contributed by atoms with Gasteiger partial charge in [-0.1, -0.05) is 72.8 Å². The lowest BCUT2D eigenvalue weighted by molar-refractivity contribution is 0.101. The molecule has 5 nitrogen and oxygen atoms in total. The molecule has 2 amide bonds. The number of anilines is 2. The van der Waals surface area contributed by atoms with E-state index in [2.05, 4.69) is 10.6 Å². The van der Waals surface area contributed by atoms with Crippen molar-refractivity contribution in [2.75, 3.05) is 10.6 Å². The SMILES string of the molecule is O=C(Nc1cccc(C(=O)c2ccccc2)c1NC(=O)c1ccccc1)c1ccccc1. The van der Waals surface area contributed by atoms with Gasteiger partial charge in [0.15, 0.2) is 5.78 Å². The molecule has 0 aromatic heterocycles. The van der Waals surface area contributed by atoms with E-state index in [1.165, 1.54) is 0 Å². The summed E-state index contributed by atoms with van der Waals surface area (Å²) in [6.45, 7) is 0. The molecule has 0 fully saturated rings. The minimum Gasteiger partial charge on any atom is -0.320 e. The zero-order valence-electron chi connectivity index (χ0n) is 17.1. The van der Waals surface area contributed by atoms with Crippen molar-refractivity contribution >= 4 is 29.0 Å². The molecular weight excluding hydrogens is 400 g/mol. The Hall–Kier alpha value is -4.51. The maximum absolute atomic E-state index is 13.2. The summed E-state index contributed by atoms with van der Waals surface area (Å²) in [6.07, 6.45) is 0. The van der Waals surface area contributed by atoms with E-state index >= 15 is 0 Å². The van der Waals surface area contributed by atoms with E-state index in [4.69, 9.17) is 0 Å². The van der Waals surface area contributed by atoms with Gasteiger partial charge in [0, 0.05) is 22.3 Å². The van der Waals surface area contributed by atoms with Crippen molar-refractivity contribution in [3.63, 3.8) is 0 Å². The molecule has 0 bridgehead atoms. The van der Waals surface area contributed by atoms with E-state index in [-0.39, 0.29) is 28.8 Å². The van der Waals surface area contributed by atoms with E-state index in [0.29, 0.717) is 22.4 Å². The third kappa shape index (κ3) is 4.63. The highest BCUT2D eigenvalue weighted by Gasteiger charge is 2.20. The lowest BCUT2D eigenvalue weighted by atomic mass is 10.00. The number of carbonyl (C=O) groups excluding carboxylic acids is 3. The third-order valence-corrected chi connectivity index (χ3v) is 4.90. The zero-order valence-corrected chi connectivity index (χ0v) is 17.1. The lowest BCUT2D eigenvalue weighted by Crippen LogP contribution is -2.19. The number of amides is 2. The topological polar surface area (TPSA) is 75.3 Å². The van der Waals surface area contributed by atoms with Gasteiger partial charge in [-0.15, -0.1) is 0 Å². The molecule has 0 saturated carbocycles. The van der Waals surface area contributed by atoms with Crippen molar-refractivity contribution in [1.82, 2.24) is 0 Å². The standard InChI is InChI=1S/C27H20N2O3/c30-25(19-11-4-1-5-12-19)22-17-10-18-23(28-26(31)20-13-6-2-7-14-20)24(22)29-27(32)21-15-8-3-9-16-21/h1-18H,(H,28,31)(H,29,32). The van der Waals surface area contributed by atoms with Gasteiger partial charge in [0.1, 0.15) is 0 Å². The third-order valence-electron chi connectivity index (χ3n) is 4.90. The van der Waals surface area contributed by atoms with Crippen LogP contribution in [0.15, 0.2) is 109 Å². The largest absolute Gasteiger partial charge is 0.320 e. The fraction of sp³-hybridized carbons (Fsp3) is 0. The molecule has 0 spiro atoms. The number of ketones is 1. The molecule has 4 rings (SSSR count). The summed E-state index contributed by atoms with van der Waals surface area (Å²) in [7, 11) is 0. The van der Waals surface area contributed by atoms with Gasteiger partial charge in [-0.2, -0.15) is 0 Å². The Kier molecular flexibility index (Phi) is 6.18. The Morgan fingerprint density at radius 1 is 0.469 bits per heavy atom. The van der Waals surface area contributed by atoms with Gasteiger partial charge in [0.05, 0.1) is 11.4 Å². The molecule has 0 aliphatic heterocycles. The fourth-order valence-electron chi connectivity index (χ4n) is 3.28. The first kappa shape index (κ1) is 20.8. The molecule has 32 heavy (non-hydrogen) atoms. The summed E-state index contributed by atoms with van der Waals surface area (Å²) in [5.41, 5.74) is 2.26. The average Bonchev–Trinajstić information content (AvgIpc) is 2.86. The molecule has 156 valence electrons. The van der Waals surface area contributed by atoms with Crippen molar-refractivity contribution in [3.05, 3.63) is 131 Å². The highest BCUT2D eigenvalue weighted by atomic mass is 16.2. The van der Waals surface area contributed by atoms with Crippen LogP contribution in [0.25, 0.3) is 0 Å². The van der Waals surface area contributed by atoms with Crippen molar-refractivity contribution in [2.45, 2.75) is 0 Å². The van der Waals surface area contributed by atoms with E-state index in [9.17, 15) is 14.4 Å². The Balaban J connectivity index is 1.74. The van der Waals surface area contributed by atoms with Crippen molar-refractivity contribution < 1.29 is 14.4 Å². The summed E-state index contributed by atoms with van der Waals surface area (Å²) >= 11 is 0. The van der Waals surface area contributed by atoms with Gasteiger partial charge in [0.2, 0.25) is 0 Å². The zero-order chi connectivity index (χ0) is 22.3. The molecule has 5 heteroatoms. The molecule has 4 aromatic carbocycles. The Labute approximate surface area is 185 Å². The van der Waals surface area contributed by atoms with E-state index in [1.54, 1.807) is 91.0 Å². The number of nitrogens with one attached hydrogen (secondary N) is 2. The van der Waals surface area contributed by atoms with Gasteiger partial charge >= 0.3 is 0 Å². The molecule has 0 radical (unpaired) electrons. The number of rotatable bonds is 6. The molecule has 4 aromatic rings. The molecule has 0 aliphatic rings. The van der Waals surface area contributed by atoms with Crippen LogP contribution in [0.2, 0.25) is 0 Å². The number of hydrogen-bond acceptors (Lipinski definition) is 3. The minimum atomic E-state index is -0.380. The Morgan fingerprint density at radius 2 is 0.938 bits per heavy atom. The number of carbonyl (C=O) groups is 3. The second-order valence-electron chi connectivity index (χ2n) is 7.06. The molecule has 0 atom stereocenters. The summed E-state index contributed by atoms with van der Waals surface area (Å²) in [6, 6.07) is 31.2. The van der Waals surface area contributed by atoms with Crippen LogP contribution >= 0.6 is 0 Å². The molecule has 0 saturated heterocycles. The van der Waals surface area contributed by atoms with Gasteiger partial charge in [-0.3, -0.25) is 14.4 Å². The predicted molar refractivity (Wildman–Crippen MR) is 125 cm³/mol. The Bertz CT molecular complexity index is 1250. The molecule has 0 aliphatic carbocycles. The second-order valence-corrected chi connectivity index (χ2v) is 7.06. The summed E-state index contributed by atoms with van der Waals surface area (Å²) in [5, 5.41) is 5.65. The van der Waals surface area contributed by atoms with Gasteiger partial charge in [-0.05, 0) is 36.4 Å². The van der Waals surface area contributed by atoms with E-state index < -0.39 is 0 Å². The molecular formula is C27H20N2O3. The van der Waals surface area contributed by atoms with Gasteiger partial charge < -0.3 is 10.6 Å². The van der Waals surface area contributed by atoms with Crippen LogP contribution in [0.4, 0.5) is 11.4 Å². The van der Waals surface area contributed by atoms with Crippen LogP contribution in [0.3, 0.4) is 0 Å². The Morgan fingerprint density at radius 3 is 1.47 bits per heavy atom. The van der Waals surface area contributed by atoms with Crippen molar-refractivity contribution in [2.24, 2.45) is 0 Å². The molecule has 0 unspecified atom stereocenters. The van der Waals surface area contributed by atoms with Crippen LogP contribution in [0, 0.1) is 0 Å². The number of para-hydroxylation sites is 1. The minimum absolute atomic E-state index is 0.250. The quantitative estimate of drug-likeness (QED) is 0.409. The first-order chi connectivity index (χ1) is 15.6. The average molecular weight is 420 g/mol. The lowest BCUT2D eigenvalue weighted by Gasteiger charge is -2.16. The number of hydrogen-bond donors (Lipinski definition) is 2.